The number of aliphatic hydroxyl groups excluding tert-OH is 1. The predicted octanol–water partition coefficient (Wildman–Crippen LogP) is 1.73. The van der Waals surface area contributed by atoms with Gasteiger partial charge >= 0.3 is 0 Å². The fraction of sp³-hybridized carbons (Fsp3) is 0.471. The van der Waals surface area contributed by atoms with Crippen LogP contribution in [0.25, 0.3) is 10.8 Å². The number of benzene rings is 1. The van der Waals surface area contributed by atoms with E-state index in [1.807, 2.05) is 12.4 Å². The quantitative estimate of drug-likeness (QED) is 0.929. The van der Waals surface area contributed by atoms with Crippen LogP contribution in [-0.4, -0.2) is 59.2 Å². The van der Waals surface area contributed by atoms with E-state index < -0.39 is 0 Å². The second-order valence-electron chi connectivity index (χ2n) is 5.90. The molecule has 1 aromatic carbocycles. The summed E-state index contributed by atoms with van der Waals surface area (Å²) < 4.78 is 0. The molecular weight excluding hydrogens is 262 g/mol. The van der Waals surface area contributed by atoms with Crippen molar-refractivity contribution in [1.82, 2.24) is 14.8 Å². The fourth-order valence-electron chi connectivity index (χ4n) is 3.18. The molecule has 2 heterocycles. The van der Waals surface area contributed by atoms with E-state index in [9.17, 15) is 5.11 Å². The number of nitrogens with zero attached hydrogens (tertiary/aromatic N) is 3. The van der Waals surface area contributed by atoms with Gasteiger partial charge in [-0.1, -0.05) is 18.2 Å². The molecule has 4 heteroatoms. The molecule has 2 aromatic rings. The molecular formula is C17H23N3O. The van der Waals surface area contributed by atoms with Crippen LogP contribution in [0, 0.1) is 0 Å². The van der Waals surface area contributed by atoms with Crippen LogP contribution < -0.4 is 0 Å². The van der Waals surface area contributed by atoms with Crippen LogP contribution >= 0.6 is 0 Å². The molecule has 0 spiro atoms. The Balaban J connectivity index is 1.76. The SMILES string of the molecule is CN1CCN(Cc2cccc3cnccc23)CC1CCO. The molecule has 0 amide bonds. The van der Waals surface area contributed by atoms with Crippen LogP contribution in [0.3, 0.4) is 0 Å². The van der Waals surface area contributed by atoms with Crippen LogP contribution in [0.15, 0.2) is 36.7 Å². The molecule has 0 radical (unpaired) electrons. The van der Waals surface area contributed by atoms with Gasteiger partial charge < -0.3 is 10.0 Å². The fourth-order valence-corrected chi connectivity index (χ4v) is 3.18. The summed E-state index contributed by atoms with van der Waals surface area (Å²) in [6.07, 6.45) is 4.65. The minimum atomic E-state index is 0.267. The highest BCUT2D eigenvalue weighted by atomic mass is 16.3. The Hall–Kier alpha value is -1.49. The van der Waals surface area contributed by atoms with Gasteiger partial charge in [0, 0.05) is 56.6 Å². The highest BCUT2D eigenvalue weighted by Crippen LogP contribution is 2.21. The van der Waals surface area contributed by atoms with Gasteiger partial charge in [0.15, 0.2) is 0 Å². The lowest BCUT2D eigenvalue weighted by Gasteiger charge is -2.39. The lowest BCUT2D eigenvalue weighted by molar-refractivity contribution is 0.0745. The number of rotatable bonds is 4. The second-order valence-corrected chi connectivity index (χ2v) is 5.90. The molecule has 1 atom stereocenters. The standard InChI is InChI=1S/C17H23N3O/c1-19-8-9-20(13-16(19)6-10-21)12-15-4-2-3-14-11-18-7-5-17(14)15/h2-5,7,11,16,21H,6,8-10,12-13H2,1H3. The molecule has 0 saturated carbocycles. The first-order chi connectivity index (χ1) is 10.3. The lowest BCUT2D eigenvalue weighted by atomic mass is 10.0. The van der Waals surface area contributed by atoms with E-state index in [1.54, 1.807) is 0 Å². The van der Waals surface area contributed by atoms with Crippen molar-refractivity contribution < 1.29 is 5.11 Å². The van der Waals surface area contributed by atoms with E-state index in [0.717, 1.165) is 32.6 Å². The third kappa shape index (κ3) is 3.23. The van der Waals surface area contributed by atoms with Crippen molar-refractivity contribution in [3.63, 3.8) is 0 Å². The van der Waals surface area contributed by atoms with Crippen LogP contribution in [0.2, 0.25) is 0 Å². The third-order valence-corrected chi connectivity index (χ3v) is 4.49. The van der Waals surface area contributed by atoms with Gasteiger partial charge in [-0.25, -0.2) is 0 Å². The predicted molar refractivity (Wildman–Crippen MR) is 85.1 cm³/mol. The zero-order chi connectivity index (χ0) is 14.7. The highest BCUT2D eigenvalue weighted by molar-refractivity contribution is 5.84. The van der Waals surface area contributed by atoms with Gasteiger partial charge in [0.25, 0.3) is 0 Å². The van der Waals surface area contributed by atoms with Crippen molar-refractivity contribution in [3.05, 3.63) is 42.2 Å². The first-order valence-electron chi connectivity index (χ1n) is 7.63. The Morgan fingerprint density at radius 1 is 1.29 bits per heavy atom. The van der Waals surface area contributed by atoms with Gasteiger partial charge in [0.1, 0.15) is 0 Å². The Labute approximate surface area is 126 Å². The van der Waals surface area contributed by atoms with Gasteiger partial charge in [-0.3, -0.25) is 9.88 Å². The second kappa shape index (κ2) is 6.52. The minimum absolute atomic E-state index is 0.267. The first kappa shape index (κ1) is 14.4. The maximum absolute atomic E-state index is 9.20. The molecule has 1 N–H and O–H groups in total. The molecule has 3 rings (SSSR count). The molecule has 1 saturated heterocycles. The van der Waals surface area contributed by atoms with Crippen molar-refractivity contribution in [1.29, 1.82) is 0 Å². The van der Waals surface area contributed by atoms with Crippen molar-refractivity contribution in [2.45, 2.75) is 19.0 Å². The molecule has 1 aromatic heterocycles. The number of aliphatic hydroxyl groups is 1. The van der Waals surface area contributed by atoms with Gasteiger partial charge in [-0.15, -0.1) is 0 Å². The monoisotopic (exact) mass is 285 g/mol. The summed E-state index contributed by atoms with van der Waals surface area (Å²) in [7, 11) is 2.15. The molecule has 21 heavy (non-hydrogen) atoms. The Morgan fingerprint density at radius 2 is 2.19 bits per heavy atom. The maximum atomic E-state index is 9.20. The van der Waals surface area contributed by atoms with E-state index in [-0.39, 0.29) is 6.61 Å². The molecule has 0 bridgehead atoms. The van der Waals surface area contributed by atoms with Crippen LogP contribution in [0.1, 0.15) is 12.0 Å². The molecule has 1 unspecified atom stereocenters. The largest absolute Gasteiger partial charge is 0.396 e. The van der Waals surface area contributed by atoms with Crippen molar-refractivity contribution in [3.8, 4) is 0 Å². The summed E-state index contributed by atoms with van der Waals surface area (Å²) in [6, 6.07) is 9.00. The van der Waals surface area contributed by atoms with Gasteiger partial charge in [0.05, 0.1) is 0 Å². The zero-order valence-electron chi connectivity index (χ0n) is 12.6. The topological polar surface area (TPSA) is 39.6 Å². The molecule has 112 valence electrons. The van der Waals surface area contributed by atoms with E-state index in [0.29, 0.717) is 6.04 Å². The zero-order valence-corrected chi connectivity index (χ0v) is 12.6. The number of fused-ring (bicyclic) bond motifs is 1. The average molecular weight is 285 g/mol. The van der Waals surface area contributed by atoms with Crippen molar-refractivity contribution >= 4 is 10.8 Å². The number of aromatic nitrogens is 1. The van der Waals surface area contributed by atoms with E-state index in [4.69, 9.17) is 0 Å². The first-order valence-corrected chi connectivity index (χ1v) is 7.63. The molecule has 1 aliphatic rings. The average Bonchev–Trinajstić information content (AvgIpc) is 2.51. The van der Waals surface area contributed by atoms with Gasteiger partial charge in [0.2, 0.25) is 0 Å². The Kier molecular flexibility index (Phi) is 4.48. The summed E-state index contributed by atoms with van der Waals surface area (Å²) in [4.78, 5) is 9.06. The number of piperazine rings is 1. The Morgan fingerprint density at radius 3 is 3.05 bits per heavy atom. The number of pyridine rings is 1. The smallest absolute Gasteiger partial charge is 0.0446 e. The van der Waals surface area contributed by atoms with Crippen molar-refractivity contribution in [2.24, 2.45) is 0 Å². The summed E-state index contributed by atoms with van der Waals surface area (Å²) >= 11 is 0. The number of hydrogen-bond acceptors (Lipinski definition) is 4. The summed E-state index contributed by atoms with van der Waals surface area (Å²) in [5, 5.41) is 11.7. The maximum Gasteiger partial charge on any atom is 0.0446 e. The van der Waals surface area contributed by atoms with E-state index >= 15 is 0 Å². The number of hydrogen-bond donors (Lipinski definition) is 1. The van der Waals surface area contributed by atoms with Crippen LogP contribution in [0.4, 0.5) is 0 Å². The summed E-state index contributed by atoms with van der Waals surface area (Å²) in [5.74, 6) is 0. The molecule has 1 aliphatic heterocycles. The lowest BCUT2D eigenvalue weighted by Crippen LogP contribution is -2.51. The minimum Gasteiger partial charge on any atom is -0.396 e. The Bertz CT molecular complexity index is 596. The van der Waals surface area contributed by atoms with Crippen LogP contribution in [-0.2, 0) is 6.54 Å². The number of likely N-dealkylation sites (N-methyl/N-ethyl adjacent to an activating group) is 1. The van der Waals surface area contributed by atoms with Crippen LogP contribution in [0.5, 0.6) is 0 Å². The van der Waals surface area contributed by atoms with Crippen molar-refractivity contribution in [2.75, 3.05) is 33.3 Å². The molecule has 1 fully saturated rings. The molecule has 4 nitrogen and oxygen atoms in total. The van der Waals surface area contributed by atoms with E-state index in [1.165, 1.54) is 16.3 Å². The third-order valence-electron chi connectivity index (χ3n) is 4.49. The normalized spacial score (nSPS) is 21.0. The summed E-state index contributed by atoms with van der Waals surface area (Å²) in [6.45, 7) is 4.41. The summed E-state index contributed by atoms with van der Waals surface area (Å²) in [5.41, 5.74) is 1.36. The van der Waals surface area contributed by atoms with Gasteiger partial charge in [-0.2, -0.15) is 0 Å². The highest BCUT2D eigenvalue weighted by Gasteiger charge is 2.23. The van der Waals surface area contributed by atoms with E-state index in [2.05, 4.69) is 46.1 Å². The molecule has 0 aliphatic carbocycles. The van der Waals surface area contributed by atoms with Gasteiger partial charge in [-0.05, 0) is 30.5 Å².